The van der Waals surface area contributed by atoms with Crippen molar-refractivity contribution in [1.29, 1.82) is 0 Å². The zero-order chi connectivity index (χ0) is 18.7. The summed E-state index contributed by atoms with van der Waals surface area (Å²) < 4.78 is 0. The molecule has 0 saturated heterocycles. The minimum Gasteiger partial charge on any atom is -0.377 e. The lowest BCUT2D eigenvalue weighted by Gasteiger charge is -1.98. The number of nitrogens with one attached hydrogen (secondary N) is 2. The van der Waals surface area contributed by atoms with Crippen LogP contribution in [0.3, 0.4) is 0 Å². The Hall–Kier alpha value is -2.62. The third-order valence-corrected chi connectivity index (χ3v) is 4.10. The molecule has 4 heteroatoms. The molecule has 0 bridgehead atoms. The van der Waals surface area contributed by atoms with Gasteiger partial charge in [-0.15, -0.1) is 0 Å². The van der Waals surface area contributed by atoms with Crippen LogP contribution in [0.25, 0.3) is 11.1 Å². The minimum absolute atomic E-state index is 0.968. The first-order valence-corrected chi connectivity index (χ1v) is 8.45. The number of benzene rings is 2. The first-order chi connectivity index (χ1) is 12.1. The van der Waals surface area contributed by atoms with E-state index in [-0.39, 0.29) is 0 Å². The SMILES string of the molecule is CN=C(C)NC.CN=C(C)NC.c1ccc2c(c1)Cc1ccccc1-2. The Balaban J connectivity index is 0.000000222. The highest BCUT2D eigenvalue weighted by Crippen LogP contribution is 2.35. The number of hydrogen-bond donors (Lipinski definition) is 2. The average Bonchev–Trinajstić information content (AvgIpc) is 3.06. The van der Waals surface area contributed by atoms with E-state index in [1.807, 2.05) is 27.9 Å². The maximum atomic E-state index is 3.81. The summed E-state index contributed by atoms with van der Waals surface area (Å²) in [4.78, 5) is 7.62. The molecule has 4 nitrogen and oxygen atoms in total. The van der Waals surface area contributed by atoms with Crippen LogP contribution in [0.4, 0.5) is 0 Å². The Morgan fingerprint density at radius 2 is 1.08 bits per heavy atom. The molecule has 1 aliphatic rings. The minimum atomic E-state index is 0.968. The molecule has 0 heterocycles. The van der Waals surface area contributed by atoms with E-state index in [0.29, 0.717) is 0 Å². The molecule has 0 saturated carbocycles. The zero-order valence-electron chi connectivity index (χ0n) is 16.2. The number of aliphatic imine (C=N–C) groups is 2. The van der Waals surface area contributed by atoms with E-state index in [1.54, 1.807) is 14.1 Å². The molecule has 3 rings (SSSR count). The highest BCUT2D eigenvalue weighted by Gasteiger charge is 2.15. The van der Waals surface area contributed by atoms with Crippen LogP contribution in [0, 0.1) is 0 Å². The van der Waals surface area contributed by atoms with E-state index >= 15 is 0 Å². The Morgan fingerprint density at radius 1 is 0.720 bits per heavy atom. The monoisotopic (exact) mass is 338 g/mol. The number of nitrogens with zero attached hydrogens (tertiary/aromatic N) is 2. The molecular formula is C21H30N4. The second-order valence-corrected chi connectivity index (χ2v) is 5.61. The number of hydrogen-bond acceptors (Lipinski definition) is 2. The predicted octanol–water partition coefficient (Wildman–Crippen LogP) is 3.77. The highest BCUT2D eigenvalue weighted by atomic mass is 14.9. The van der Waals surface area contributed by atoms with Gasteiger partial charge in [0.25, 0.3) is 0 Å². The highest BCUT2D eigenvalue weighted by molar-refractivity contribution is 5.79. The van der Waals surface area contributed by atoms with Crippen molar-refractivity contribution in [2.75, 3.05) is 28.2 Å². The second-order valence-electron chi connectivity index (χ2n) is 5.61. The normalized spacial score (nSPS) is 11.9. The summed E-state index contributed by atoms with van der Waals surface area (Å²) in [6.45, 7) is 3.83. The van der Waals surface area contributed by atoms with Gasteiger partial charge in [-0.2, -0.15) is 0 Å². The largest absolute Gasteiger partial charge is 0.377 e. The molecule has 0 aromatic heterocycles. The third-order valence-electron chi connectivity index (χ3n) is 4.10. The van der Waals surface area contributed by atoms with E-state index in [1.165, 1.54) is 22.3 Å². The van der Waals surface area contributed by atoms with Crippen LogP contribution in [-0.2, 0) is 6.42 Å². The Labute approximate surface area is 152 Å². The molecule has 0 spiro atoms. The van der Waals surface area contributed by atoms with Crippen molar-refractivity contribution in [2.45, 2.75) is 20.3 Å². The van der Waals surface area contributed by atoms with Crippen LogP contribution >= 0.6 is 0 Å². The molecule has 0 fully saturated rings. The number of fused-ring (bicyclic) bond motifs is 3. The molecule has 2 aromatic rings. The molecule has 1 aliphatic carbocycles. The summed E-state index contributed by atoms with van der Waals surface area (Å²) in [6, 6.07) is 17.3. The van der Waals surface area contributed by atoms with Crippen molar-refractivity contribution in [3.63, 3.8) is 0 Å². The fraction of sp³-hybridized carbons (Fsp3) is 0.333. The lowest BCUT2D eigenvalue weighted by Crippen LogP contribution is -2.12. The van der Waals surface area contributed by atoms with Crippen LogP contribution in [0.5, 0.6) is 0 Å². The maximum Gasteiger partial charge on any atom is 0.0925 e. The van der Waals surface area contributed by atoms with Crippen molar-refractivity contribution >= 4 is 11.7 Å². The van der Waals surface area contributed by atoms with Gasteiger partial charge >= 0.3 is 0 Å². The quantitative estimate of drug-likeness (QED) is 0.484. The summed E-state index contributed by atoms with van der Waals surface area (Å²) in [5.41, 5.74) is 5.75. The second kappa shape index (κ2) is 11.0. The van der Waals surface area contributed by atoms with Crippen LogP contribution in [-0.4, -0.2) is 39.9 Å². The van der Waals surface area contributed by atoms with Gasteiger partial charge in [-0.1, -0.05) is 48.5 Å². The van der Waals surface area contributed by atoms with Gasteiger partial charge in [0, 0.05) is 28.2 Å². The summed E-state index contributed by atoms with van der Waals surface area (Å²) >= 11 is 0. The lowest BCUT2D eigenvalue weighted by molar-refractivity contribution is 1.14. The van der Waals surface area contributed by atoms with Crippen LogP contribution in [0.15, 0.2) is 58.5 Å². The smallest absolute Gasteiger partial charge is 0.0925 e. The van der Waals surface area contributed by atoms with E-state index < -0.39 is 0 Å². The van der Waals surface area contributed by atoms with Gasteiger partial charge in [-0.25, -0.2) is 0 Å². The van der Waals surface area contributed by atoms with Gasteiger partial charge < -0.3 is 10.6 Å². The fourth-order valence-corrected chi connectivity index (χ4v) is 2.30. The van der Waals surface area contributed by atoms with Crippen molar-refractivity contribution in [3.05, 3.63) is 59.7 Å². The molecular weight excluding hydrogens is 308 g/mol. The molecule has 0 aliphatic heterocycles. The first-order valence-electron chi connectivity index (χ1n) is 8.45. The van der Waals surface area contributed by atoms with Crippen molar-refractivity contribution < 1.29 is 0 Å². The molecule has 0 amide bonds. The van der Waals surface area contributed by atoms with E-state index in [4.69, 9.17) is 0 Å². The van der Waals surface area contributed by atoms with Crippen molar-refractivity contribution in [3.8, 4) is 11.1 Å². The van der Waals surface area contributed by atoms with Crippen molar-refractivity contribution in [1.82, 2.24) is 10.6 Å². The van der Waals surface area contributed by atoms with Gasteiger partial charge in [0.1, 0.15) is 0 Å². The van der Waals surface area contributed by atoms with Gasteiger partial charge in [0.2, 0.25) is 0 Å². The summed E-state index contributed by atoms with van der Waals surface area (Å²) in [6.07, 6.45) is 1.10. The van der Waals surface area contributed by atoms with Gasteiger partial charge in [0.15, 0.2) is 0 Å². The Morgan fingerprint density at radius 3 is 1.36 bits per heavy atom. The van der Waals surface area contributed by atoms with E-state index in [2.05, 4.69) is 69.1 Å². The lowest BCUT2D eigenvalue weighted by atomic mass is 10.1. The molecule has 134 valence electrons. The zero-order valence-corrected chi connectivity index (χ0v) is 16.2. The fourth-order valence-electron chi connectivity index (χ4n) is 2.30. The number of rotatable bonds is 0. The Kier molecular flexibility index (Phi) is 9.01. The molecule has 2 aromatic carbocycles. The topological polar surface area (TPSA) is 48.8 Å². The van der Waals surface area contributed by atoms with Crippen LogP contribution in [0.2, 0.25) is 0 Å². The van der Waals surface area contributed by atoms with Gasteiger partial charge in [-0.3, -0.25) is 9.98 Å². The van der Waals surface area contributed by atoms with Crippen LogP contribution < -0.4 is 10.6 Å². The molecule has 0 atom stereocenters. The molecule has 0 unspecified atom stereocenters. The van der Waals surface area contributed by atoms with Crippen LogP contribution in [0.1, 0.15) is 25.0 Å². The molecule has 0 radical (unpaired) electrons. The third kappa shape index (κ3) is 6.42. The average molecular weight is 338 g/mol. The van der Waals surface area contributed by atoms with Crippen molar-refractivity contribution in [2.24, 2.45) is 9.98 Å². The Bertz CT molecular complexity index is 656. The maximum absolute atomic E-state index is 3.81. The standard InChI is InChI=1S/C13H10.2C4H10N2/c1-3-7-12-10(5-1)9-11-6-2-4-8-13(11)12;2*1-4(5-2)6-3/h1-8H,9H2;2*1-3H3,(H,5,6). The molecule has 25 heavy (non-hydrogen) atoms. The molecule has 2 N–H and O–H groups in total. The first kappa shape index (κ1) is 20.4. The predicted molar refractivity (Wildman–Crippen MR) is 111 cm³/mol. The summed E-state index contributed by atoms with van der Waals surface area (Å²) in [7, 11) is 7.21. The van der Waals surface area contributed by atoms with Gasteiger partial charge in [-0.05, 0) is 42.5 Å². The van der Waals surface area contributed by atoms with Gasteiger partial charge in [0.05, 0.1) is 11.7 Å². The van der Waals surface area contributed by atoms with E-state index in [0.717, 1.165) is 18.1 Å². The summed E-state index contributed by atoms with van der Waals surface area (Å²) in [5.74, 6) is 1.94. The number of amidine groups is 2. The summed E-state index contributed by atoms with van der Waals surface area (Å²) in [5, 5.41) is 5.73. The van der Waals surface area contributed by atoms with E-state index in [9.17, 15) is 0 Å².